The van der Waals surface area contributed by atoms with Crippen LogP contribution in [0.25, 0.3) is 0 Å². The first-order valence-electron chi connectivity index (χ1n) is 6.17. The van der Waals surface area contributed by atoms with Gasteiger partial charge in [0, 0.05) is 17.1 Å². The van der Waals surface area contributed by atoms with Crippen molar-refractivity contribution in [2.24, 2.45) is 5.73 Å². The van der Waals surface area contributed by atoms with Crippen LogP contribution in [0.5, 0.6) is 0 Å². The van der Waals surface area contributed by atoms with Gasteiger partial charge in [0.2, 0.25) is 5.91 Å². The molecule has 0 radical (unpaired) electrons. The molecule has 1 amide bonds. The number of rotatable bonds is 8. The van der Waals surface area contributed by atoms with Gasteiger partial charge in [0.05, 0.1) is 17.1 Å². The molecular formula is C13H17NO5S2. The topological polar surface area (TPSA) is 115 Å². The number of hydrogen-bond donors (Lipinski definition) is 2. The summed E-state index contributed by atoms with van der Waals surface area (Å²) in [5.74, 6) is -1.69. The summed E-state index contributed by atoms with van der Waals surface area (Å²) >= 11 is 1.26. The van der Waals surface area contributed by atoms with Gasteiger partial charge in [0.25, 0.3) is 0 Å². The minimum absolute atomic E-state index is 0.0821. The van der Waals surface area contributed by atoms with Crippen molar-refractivity contribution >= 4 is 33.5 Å². The van der Waals surface area contributed by atoms with E-state index >= 15 is 0 Å². The fourth-order valence-electron chi connectivity index (χ4n) is 1.57. The van der Waals surface area contributed by atoms with Gasteiger partial charge >= 0.3 is 5.97 Å². The summed E-state index contributed by atoms with van der Waals surface area (Å²) in [6, 6.07) is 4.97. The Balaban J connectivity index is 2.58. The van der Waals surface area contributed by atoms with E-state index in [9.17, 15) is 18.0 Å². The molecule has 0 saturated heterocycles. The maximum atomic E-state index is 11.6. The molecule has 0 bridgehead atoms. The third-order valence-electron chi connectivity index (χ3n) is 2.76. The molecule has 6 nitrogen and oxygen atoms in total. The molecule has 0 aliphatic heterocycles. The van der Waals surface area contributed by atoms with Gasteiger partial charge in [-0.2, -0.15) is 0 Å². The smallest absolute Gasteiger partial charge is 0.335 e. The lowest BCUT2D eigenvalue weighted by Crippen LogP contribution is -2.19. The van der Waals surface area contributed by atoms with E-state index in [2.05, 4.69) is 0 Å². The number of aryl methyl sites for hydroxylation is 1. The van der Waals surface area contributed by atoms with E-state index in [0.717, 1.165) is 0 Å². The summed E-state index contributed by atoms with van der Waals surface area (Å²) in [6.45, 7) is 1.70. The summed E-state index contributed by atoms with van der Waals surface area (Å²) in [7, 11) is -3.32. The third-order valence-corrected chi connectivity index (χ3v) is 5.67. The number of benzene rings is 1. The van der Waals surface area contributed by atoms with Crippen LogP contribution in [-0.2, 0) is 14.6 Å². The number of carbonyl (C=O) groups is 2. The highest BCUT2D eigenvalue weighted by molar-refractivity contribution is 8.00. The second-order valence-corrected chi connectivity index (χ2v) is 7.97. The molecule has 0 aromatic heterocycles. The van der Waals surface area contributed by atoms with Crippen LogP contribution in [-0.4, -0.2) is 42.7 Å². The highest BCUT2D eigenvalue weighted by atomic mass is 32.2. The Labute approximate surface area is 127 Å². The van der Waals surface area contributed by atoms with Crippen LogP contribution in [0.1, 0.15) is 22.3 Å². The van der Waals surface area contributed by atoms with E-state index in [1.54, 1.807) is 19.1 Å². The van der Waals surface area contributed by atoms with E-state index in [-0.39, 0.29) is 23.5 Å². The minimum Gasteiger partial charge on any atom is -0.478 e. The van der Waals surface area contributed by atoms with Crippen molar-refractivity contribution in [2.75, 3.05) is 17.3 Å². The quantitative estimate of drug-likeness (QED) is 0.689. The van der Waals surface area contributed by atoms with Gasteiger partial charge < -0.3 is 10.8 Å². The van der Waals surface area contributed by atoms with Crippen LogP contribution in [0.3, 0.4) is 0 Å². The minimum atomic E-state index is -3.32. The Bertz CT molecular complexity index is 640. The molecule has 116 valence electrons. The van der Waals surface area contributed by atoms with E-state index in [0.29, 0.717) is 16.2 Å². The zero-order valence-corrected chi connectivity index (χ0v) is 13.2. The predicted molar refractivity (Wildman–Crippen MR) is 81.3 cm³/mol. The predicted octanol–water partition coefficient (Wildman–Crippen LogP) is 1.08. The molecule has 21 heavy (non-hydrogen) atoms. The Morgan fingerprint density at radius 2 is 1.95 bits per heavy atom. The fourth-order valence-corrected chi connectivity index (χ4v) is 4.23. The first-order chi connectivity index (χ1) is 9.71. The molecule has 8 heteroatoms. The van der Waals surface area contributed by atoms with E-state index < -0.39 is 21.7 Å². The van der Waals surface area contributed by atoms with Gasteiger partial charge in [-0.15, -0.1) is 11.8 Å². The maximum absolute atomic E-state index is 11.6. The van der Waals surface area contributed by atoms with Crippen LogP contribution in [0.2, 0.25) is 0 Å². The van der Waals surface area contributed by atoms with Gasteiger partial charge in [0.15, 0.2) is 9.84 Å². The van der Waals surface area contributed by atoms with Gasteiger partial charge in [-0.3, -0.25) is 4.79 Å². The van der Waals surface area contributed by atoms with Gasteiger partial charge in [-0.1, -0.05) is 6.07 Å². The molecule has 1 aromatic carbocycles. The highest BCUT2D eigenvalue weighted by Crippen LogP contribution is 2.22. The van der Waals surface area contributed by atoms with Crippen LogP contribution in [0, 0.1) is 6.92 Å². The number of amides is 1. The number of carboxylic acids is 1. The monoisotopic (exact) mass is 331 g/mol. The number of primary amides is 1. The number of carboxylic acid groups (broad SMARTS) is 1. The Hall–Kier alpha value is -1.54. The molecule has 1 rings (SSSR count). The lowest BCUT2D eigenvalue weighted by molar-refractivity contribution is -0.117. The molecule has 0 heterocycles. The van der Waals surface area contributed by atoms with Crippen LogP contribution < -0.4 is 5.73 Å². The van der Waals surface area contributed by atoms with Gasteiger partial charge in [-0.25, -0.2) is 13.2 Å². The van der Waals surface area contributed by atoms with Crippen molar-refractivity contribution in [2.45, 2.75) is 18.2 Å². The number of sulfone groups is 1. The van der Waals surface area contributed by atoms with Gasteiger partial charge in [0.1, 0.15) is 0 Å². The van der Waals surface area contributed by atoms with Crippen LogP contribution in [0.4, 0.5) is 0 Å². The summed E-state index contributed by atoms with van der Waals surface area (Å²) in [4.78, 5) is 22.3. The largest absolute Gasteiger partial charge is 0.478 e. The zero-order chi connectivity index (χ0) is 16.0. The molecule has 0 saturated carbocycles. The number of nitrogens with two attached hydrogens (primary N) is 1. The summed E-state index contributed by atoms with van der Waals surface area (Å²) in [5.41, 5.74) is 5.77. The van der Waals surface area contributed by atoms with Crippen molar-refractivity contribution in [1.82, 2.24) is 0 Å². The number of aromatic carboxylic acids is 1. The van der Waals surface area contributed by atoms with E-state index in [4.69, 9.17) is 10.8 Å². The summed E-state index contributed by atoms with van der Waals surface area (Å²) in [5, 5.41) is 9.02. The lowest BCUT2D eigenvalue weighted by Gasteiger charge is -2.06. The molecule has 0 fully saturated rings. The van der Waals surface area contributed by atoms with Crippen molar-refractivity contribution in [1.29, 1.82) is 0 Å². The molecule has 3 N–H and O–H groups in total. The van der Waals surface area contributed by atoms with Crippen LogP contribution >= 0.6 is 11.8 Å². The lowest BCUT2D eigenvalue weighted by atomic mass is 10.1. The second-order valence-electron chi connectivity index (χ2n) is 4.50. The molecule has 1 aromatic rings. The molecule has 0 spiro atoms. The molecular weight excluding hydrogens is 314 g/mol. The Kier molecular flexibility index (Phi) is 6.22. The first kappa shape index (κ1) is 17.5. The average molecular weight is 331 g/mol. The number of hydrogen-bond acceptors (Lipinski definition) is 5. The summed E-state index contributed by atoms with van der Waals surface area (Å²) < 4.78 is 23.3. The van der Waals surface area contributed by atoms with Crippen molar-refractivity contribution in [3.05, 3.63) is 29.3 Å². The third kappa shape index (κ3) is 6.17. The standard InChI is InChI=1S/C13H17NO5S2/c1-9-2-3-10(8-11(9)13(16)17)20-5-7-21(18,19)6-4-12(14)15/h2-3,8H,4-7H2,1H3,(H2,14,15)(H,16,17). The molecule has 0 aliphatic carbocycles. The average Bonchev–Trinajstić information content (AvgIpc) is 2.38. The Morgan fingerprint density at radius 1 is 1.29 bits per heavy atom. The van der Waals surface area contributed by atoms with E-state index in [1.807, 2.05) is 0 Å². The molecule has 0 atom stereocenters. The maximum Gasteiger partial charge on any atom is 0.335 e. The normalized spacial score (nSPS) is 11.3. The SMILES string of the molecule is Cc1ccc(SCCS(=O)(=O)CCC(N)=O)cc1C(=O)O. The van der Waals surface area contributed by atoms with E-state index in [1.165, 1.54) is 17.8 Å². The van der Waals surface area contributed by atoms with Crippen molar-refractivity contribution in [3.63, 3.8) is 0 Å². The fraction of sp³-hybridized carbons (Fsp3) is 0.385. The molecule has 0 aliphatic rings. The highest BCUT2D eigenvalue weighted by Gasteiger charge is 2.13. The Morgan fingerprint density at radius 3 is 2.52 bits per heavy atom. The number of thioether (sulfide) groups is 1. The van der Waals surface area contributed by atoms with Crippen LogP contribution in [0.15, 0.2) is 23.1 Å². The van der Waals surface area contributed by atoms with Crippen molar-refractivity contribution < 1.29 is 23.1 Å². The number of carbonyl (C=O) groups excluding carboxylic acids is 1. The van der Waals surface area contributed by atoms with Crippen molar-refractivity contribution in [3.8, 4) is 0 Å². The summed E-state index contributed by atoms with van der Waals surface area (Å²) in [6.07, 6.45) is -0.180. The first-order valence-corrected chi connectivity index (χ1v) is 8.97. The zero-order valence-electron chi connectivity index (χ0n) is 11.5. The second kappa shape index (κ2) is 7.46. The molecule has 0 unspecified atom stereocenters. The van der Waals surface area contributed by atoms with Gasteiger partial charge in [-0.05, 0) is 24.6 Å².